The number of aliphatic hydroxyl groups is 1. The molecule has 0 aromatic carbocycles. The van der Waals surface area contributed by atoms with E-state index in [0.717, 1.165) is 0 Å². The summed E-state index contributed by atoms with van der Waals surface area (Å²) in [6, 6.07) is 0. The number of hydrogen-bond acceptors (Lipinski definition) is 4. The number of amides is 1. The topological polar surface area (TPSA) is 64.6 Å². The van der Waals surface area contributed by atoms with Crippen molar-refractivity contribution in [3.8, 4) is 0 Å². The van der Waals surface area contributed by atoms with Crippen molar-refractivity contribution >= 4 is 5.91 Å². The lowest BCUT2D eigenvalue weighted by Gasteiger charge is -2.16. The second-order valence-corrected chi connectivity index (χ2v) is 3.60. The molecule has 0 heterocycles. The van der Waals surface area contributed by atoms with Crippen LogP contribution in [0.15, 0.2) is 0 Å². The molecule has 0 aliphatic carbocycles. The van der Waals surface area contributed by atoms with Crippen LogP contribution in [0.4, 0.5) is 0 Å². The van der Waals surface area contributed by atoms with Gasteiger partial charge in [0.2, 0.25) is 5.91 Å². The summed E-state index contributed by atoms with van der Waals surface area (Å²) in [5, 5.41) is 15.2. The minimum Gasteiger partial charge on any atom is -0.390 e. The van der Waals surface area contributed by atoms with Crippen molar-refractivity contribution in [3.63, 3.8) is 0 Å². The molecule has 84 valence electrons. The summed E-state index contributed by atoms with van der Waals surface area (Å²) in [4.78, 5) is 12.4. The first-order chi connectivity index (χ1) is 6.52. The average molecular weight is 203 g/mol. The Morgan fingerprint density at radius 3 is 2.57 bits per heavy atom. The van der Waals surface area contributed by atoms with E-state index in [-0.39, 0.29) is 12.0 Å². The zero-order valence-electron chi connectivity index (χ0n) is 9.21. The minimum atomic E-state index is -0.359. The lowest BCUT2D eigenvalue weighted by molar-refractivity contribution is -0.118. The molecule has 5 nitrogen and oxygen atoms in total. The molecule has 0 aromatic rings. The molecule has 1 atom stereocenters. The molecule has 0 radical (unpaired) electrons. The monoisotopic (exact) mass is 203 g/mol. The molecule has 0 aliphatic heterocycles. The van der Waals surface area contributed by atoms with E-state index in [4.69, 9.17) is 0 Å². The summed E-state index contributed by atoms with van der Waals surface area (Å²) >= 11 is 0. The van der Waals surface area contributed by atoms with E-state index in [1.807, 2.05) is 19.0 Å². The first-order valence-corrected chi connectivity index (χ1v) is 4.80. The van der Waals surface area contributed by atoms with Gasteiger partial charge >= 0.3 is 0 Å². The third kappa shape index (κ3) is 9.44. The Labute approximate surface area is 85.5 Å². The molecular formula is C9H21N3O2. The Kier molecular flexibility index (Phi) is 7.37. The first-order valence-electron chi connectivity index (χ1n) is 4.80. The van der Waals surface area contributed by atoms with Gasteiger partial charge in [0, 0.05) is 33.1 Å². The van der Waals surface area contributed by atoms with Gasteiger partial charge in [-0.05, 0) is 14.1 Å². The SMILES string of the molecule is CC(=O)NCCNCC(O)CN(C)C. The Morgan fingerprint density at radius 2 is 2.07 bits per heavy atom. The summed E-state index contributed by atoms with van der Waals surface area (Å²) in [7, 11) is 3.83. The van der Waals surface area contributed by atoms with Crippen LogP contribution in [0.3, 0.4) is 0 Å². The largest absolute Gasteiger partial charge is 0.390 e. The Morgan fingerprint density at radius 1 is 1.43 bits per heavy atom. The molecule has 0 fully saturated rings. The Hall–Kier alpha value is -0.650. The maximum Gasteiger partial charge on any atom is 0.216 e. The highest BCUT2D eigenvalue weighted by atomic mass is 16.3. The van der Waals surface area contributed by atoms with E-state index >= 15 is 0 Å². The van der Waals surface area contributed by atoms with Gasteiger partial charge in [0.1, 0.15) is 0 Å². The van der Waals surface area contributed by atoms with Gasteiger partial charge in [0.15, 0.2) is 0 Å². The molecular weight excluding hydrogens is 182 g/mol. The highest BCUT2D eigenvalue weighted by Gasteiger charge is 2.03. The fourth-order valence-electron chi connectivity index (χ4n) is 1.08. The zero-order chi connectivity index (χ0) is 11.0. The predicted molar refractivity (Wildman–Crippen MR) is 56.1 cm³/mol. The standard InChI is InChI=1S/C9H21N3O2/c1-8(13)11-5-4-10-6-9(14)7-12(2)3/h9-10,14H,4-7H2,1-3H3,(H,11,13). The van der Waals surface area contributed by atoms with Crippen LogP contribution in [-0.2, 0) is 4.79 Å². The highest BCUT2D eigenvalue weighted by Crippen LogP contribution is 1.83. The summed E-state index contributed by atoms with van der Waals surface area (Å²) in [5.41, 5.74) is 0. The van der Waals surface area contributed by atoms with Crippen molar-refractivity contribution in [2.24, 2.45) is 0 Å². The van der Waals surface area contributed by atoms with E-state index in [1.54, 1.807) is 0 Å². The van der Waals surface area contributed by atoms with Gasteiger partial charge in [-0.25, -0.2) is 0 Å². The molecule has 0 aromatic heterocycles. The molecule has 0 aliphatic rings. The summed E-state index contributed by atoms with van der Waals surface area (Å²) in [5.74, 6) is -0.0272. The molecule has 3 N–H and O–H groups in total. The number of aliphatic hydroxyl groups excluding tert-OH is 1. The third-order valence-corrected chi connectivity index (χ3v) is 1.63. The second kappa shape index (κ2) is 7.73. The number of rotatable bonds is 7. The van der Waals surface area contributed by atoms with Gasteiger partial charge in [-0.3, -0.25) is 4.79 Å². The molecule has 0 rings (SSSR count). The average Bonchev–Trinajstić information content (AvgIpc) is 2.01. The van der Waals surface area contributed by atoms with Crippen LogP contribution in [0.5, 0.6) is 0 Å². The summed E-state index contributed by atoms with van der Waals surface area (Å²) < 4.78 is 0. The van der Waals surface area contributed by atoms with E-state index in [0.29, 0.717) is 26.2 Å². The van der Waals surface area contributed by atoms with E-state index in [2.05, 4.69) is 10.6 Å². The van der Waals surface area contributed by atoms with Gasteiger partial charge in [-0.15, -0.1) is 0 Å². The molecule has 5 heteroatoms. The van der Waals surface area contributed by atoms with Crippen LogP contribution < -0.4 is 10.6 Å². The van der Waals surface area contributed by atoms with E-state index in [1.165, 1.54) is 6.92 Å². The third-order valence-electron chi connectivity index (χ3n) is 1.63. The smallest absolute Gasteiger partial charge is 0.216 e. The molecule has 0 saturated heterocycles. The zero-order valence-corrected chi connectivity index (χ0v) is 9.21. The molecule has 0 bridgehead atoms. The number of carbonyl (C=O) groups excluding carboxylic acids is 1. The number of carbonyl (C=O) groups is 1. The molecule has 0 saturated carbocycles. The normalized spacial score (nSPS) is 12.9. The quantitative estimate of drug-likeness (QED) is 0.447. The second-order valence-electron chi connectivity index (χ2n) is 3.60. The number of nitrogens with zero attached hydrogens (tertiary/aromatic N) is 1. The van der Waals surface area contributed by atoms with E-state index in [9.17, 15) is 9.90 Å². The minimum absolute atomic E-state index is 0.0272. The maximum absolute atomic E-state index is 10.5. The van der Waals surface area contributed by atoms with Crippen LogP contribution in [0.25, 0.3) is 0 Å². The van der Waals surface area contributed by atoms with Gasteiger partial charge in [0.05, 0.1) is 6.10 Å². The van der Waals surface area contributed by atoms with Crippen molar-refractivity contribution in [2.75, 3.05) is 40.3 Å². The first kappa shape index (κ1) is 13.4. The van der Waals surface area contributed by atoms with Crippen molar-refractivity contribution in [3.05, 3.63) is 0 Å². The van der Waals surface area contributed by atoms with Crippen molar-refractivity contribution in [2.45, 2.75) is 13.0 Å². The number of likely N-dealkylation sites (N-methyl/N-ethyl adjacent to an activating group) is 1. The summed E-state index contributed by atoms with van der Waals surface area (Å²) in [6.45, 7) is 3.97. The fraction of sp³-hybridized carbons (Fsp3) is 0.889. The Bertz CT molecular complexity index is 162. The van der Waals surface area contributed by atoms with Crippen LogP contribution in [0, 0.1) is 0 Å². The van der Waals surface area contributed by atoms with Crippen LogP contribution in [-0.4, -0.2) is 62.3 Å². The molecule has 14 heavy (non-hydrogen) atoms. The summed E-state index contributed by atoms with van der Waals surface area (Å²) in [6.07, 6.45) is -0.359. The molecule has 0 spiro atoms. The number of hydrogen-bond donors (Lipinski definition) is 3. The molecule has 1 amide bonds. The maximum atomic E-state index is 10.5. The van der Waals surface area contributed by atoms with Gasteiger partial charge < -0.3 is 20.6 Å². The van der Waals surface area contributed by atoms with Crippen molar-refractivity contribution < 1.29 is 9.90 Å². The Balaban J connectivity index is 3.23. The molecule has 1 unspecified atom stereocenters. The van der Waals surface area contributed by atoms with Crippen LogP contribution in [0.2, 0.25) is 0 Å². The van der Waals surface area contributed by atoms with Crippen molar-refractivity contribution in [1.29, 1.82) is 0 Å². The number of nitrogens with one attached hydrogen (secondary N) is 2. The van der Waals surface area contributed by atoms with Gasteiger partial charge in [0.25, 0.3) is 0 Å². The van der Waals surface area contributed by atoms with Crippen LogP contribution in [0.1, 0.15) is 6.92 Å². The van der Waals surface area contributed by atoms with Gasteiger partial charge in [-0.2, -0.15) is 0 Å². The van der Waals surface area contributed by atoms with Gasteiger partial charge in [-0.1, -0.05) is 0 Å². The highest BCUT2D eigenvalue weighted by molar-refractivity contribution is 5.72. The lowest BCUT2D eigenvalue weighted by Crippen LogP contribution is -2.38. The lowest BCUT2D eigenvalue weighted by atomic mass is 10.3. The predicted octanol–water partition coefficient (Wildman–Crippen LogP) is -1.37. The van der Waals surface area contributed by atoms with E-state index < -0.39 is 0 Å². The fourth-order valence-corrected chi connectivity index (χ4v) is 1.08. The van der Waals surface area contributed by atoms with Crippen molar-refractivity contribution in [1.82, 2.24) is 15.5 Å². The van der Waals surface area contributed by atoms with Crippen LogP contribution >= 0.6 is 0 Å².